The number of aliphatic hydroxyl groups is 1. The van der Waals surface area contributed by atoms with Crippen LogP contribution in [0.3, 0.4) is 0 Å². The number of benzene rings is 1. The zero-order valence-corrected chi connectivity index (χ0v) is 17.1. The number of rotatable bonds is 5. The molecule has 8 nitrogen and oxygen atoms in total. The molecule has 0 atom stereocenters. The fourth-order valence-electron chi connectivity index (χ4n) is 4.18. The third-order valence-corrected chi connectivity index (χ3v) is 6.06. The van der Waals surface area contributed by atoms with Crippen molar-refractivity contribution in [2.45, 2.75) is 44.7 Å². The number of nitrogens with zero attached hydrogens (tertiary/aromatic N) is 4. The van der Waals surface area contributed by atoms with Crippen LogP contribution < -0.4 is 16.6 Å². The molecule has 1 aliphatic rings. The first-order valence-electron chi connectivity index (χ1n) is 9.96. The Morgan fingerprint density at radius 1 is 1.10 bits per heavy atom. The standard InChI is InChI=1S/C21H27N5O3/c1-14-6-8-15(9-7-14)12-26-18(28)16-17(25(3)20(26)29)22-19(24(16)2)23-21(13-27)10-4-5-11-21/h6-9,27H,4-5,10-13H2,1-3H3,(H,22,23). The maximum atomic E-state index is 13.2. The van der Waals surface area contributed by atoms with Gasteiger partial charge in [0.15, 0.2) is 11.2 Å². The van der Waals surface area contributed by atoms with Crippen LogP contribution in [0.4, 0.5) is 5.95 Å². The van der Waals surface area contributed by atoms with E-state index >= 15 is 0 Å². The Labute approximate surface area is 168 Å². The van der Waals surface area contributed by atoms with Gasteiger partial charge in [-0.25, -0.2) is 4.79 Å². The monoisotopic (exact) mass is 397 g/mol. The van der Waals surface area contributed by atoms with Gasteiger partial charge in [-0.1, -0.05) is 42.7 Å². The molecular weight excluding hydrogens is 370 g/mol. The minimum absolute atomic E-state index is 0.00674. The maximum Gasteiger partial charge on any atom is 0.332 e. The van der Waals surface area contributed by atoms with Crippen LogP contribution in [0.15, 0.2) is 33.9 Å². The van der Waals surface area contributed by atoms with E-state index in [1.807, 2.05) is 31.2 Å². The first kappa shape index (κ1) is 19.4. The van der Waals surface area contributed by atoms with E-state index in [9.17, 15) is 14.7 Å². The third kappa shape index (κ3) is 3.27. The lowest BCUT2D eigenvalue weighted by Gasteiger charge is -2.28. The second kappa shape index (κ2) is 7.18. The van der Waals surface area contributed by atoms with Gasteiger partial charge in [-0.05, 0) is 25.3 Å². The number of aryl methyl sites for hydroxylation is 3. The molecule has 1 fully saturated rings. The maximum absolute atomic E-state index is 13.2. The van der Waals surface area contributed by atoms with Crippen LogP contribution in [-0.2, 0) is 20.6 Å². The quantitative estimate of drug-likeness (QED) is 0.681. The van der Waals surface area contributed by atoms with Gasteiger partial charge in [0.25, 0.3) is 5.56 Å². The molecule has 1 saturated carbocycles. The lowest BCUT2D eigenvalue weighted by atomic mass is 9.99. The van der Waals surface area contributed by atoms with Crippen LogP contribution >= 0.6 is 0 Å². The Morgan fingerprint density at radius 2 is 1.76 bits per heavy atom. The Kier molecular flexibility index (Phi) is 4.82. The molecule has 1 aromatic carbocycles. The van der Waals surface area contributed by atoms with E-state index in [1.165, 1.54) is 9.13 Å². The van der Waals surface area contributed by atoms with E-state index in [2.05, 4.69) is 10.3 Å². The average Bonchev–Trinajstić information content (AvgIpc) is 3.31. The van der Waals surface area contributed by atoms with E-state index < -0.39 is 11.2 Å². The fraction of sp³-hybridized carbons (Fsp3) is 0.476. The van der Waals surface area contributed by atoms with Crippen LogP contribution in [0, 0.1) is 6.92 Å². The Balaban J connectivity index is 1.82. The largest absolute Gasteiger partial charge is 0.394 e. The second-order valence-electron chi connectivity index (χ2n) is 8.16. The van der Waals surface area contributed by atoms with E-state index in [1.54, 1.807) is 18.7 Å². The van der Waals surface area contributed by atoms with Crippen LogP contribution in [0.2, 0.25) is 0 Å². The van der Waals surface area contributed by atoms with Crippen molar-refractivity contribution in [1.29, 1.82) is 0 Å². The second-order valence-corrected chi connectivity index (χ2v) is 8.16. The molecule has 0 bridgehead atoms. The first-order valence-corrected chi connectivity index (χ1v) is 9.96. The summed E-state index contributed by atoms with van der Waals surface area (Å²) in [5.41, 5.74) is 1.54. The molecule has 8 heteroatoms. The highest BCUT2D eigenvalue weighted by molar-refractivity contribution is 5.74. The lowest BCUT2D eigenvalue weighted by Crippen LogP contribution is -2.40. The fourth-order valence-corrected chi connectivity index (χ4v) is 4.18. The predicted molar refractivity (Wildman–Crippen MR) is 112 cm³/mol. The summed E-state index contributed by atoms with van der Waals surface area (Å²) in [5.74, 6) is 0.496. The van der Waals surface area contributed by atoms with Crippen molar-refractivity contribution in [2.75, 3.05) is 11.9 Å². The number of anilines is 1. The van der Waals surface area contributed by atoms with Crippen molar-refractivity contribution in [3.05, 3.63) is 56.2 Å². The molecule has 3 aromatic rings. The van der Waals surface area contributed by atoms with Gasteiger partial charge in [-0.15, -0.1) is 0 Å². The number of fused-ring (bicyclic) bond motifs is 1. The number of hydrogen-bond donors (Lipinski definition) is 2. The van der Waals surface area contributed by atoms with Crippen molar-refractivity contribution >= 4 is 17.1 Å². The molecule has 2 heterocycles. The van der Waals surface area contributed by atoms with Gasteiger partial charge in [0, 0.05) is 14.1 Å². The zero-order chi connectivity index (χ0) is 20.8. The van der Waals surface area contributed by atoms with Crippen LogP contribution in [0.25, 0.3) is 11.2 Å². The number of imidazole rings is 1. The van der Waals surface area contributed by atoms with Crippen molar-refractivity contribution in [2.24, 2.45) is 14.1 Å². The normalized spacial score (nSPS) is 15.9. The summed E-state index contributed by atoms with van der Waals surface area (Å²) in [5, 5.41) is 13.3. The van der Waals surface area contributed by atoms with Gasteiger partial charge >= 0.3 is 5.69 Å². The van der Waals surface area contributed by atoms with Gasteiger partial charge in [-0.3, -0.25) is 13.9 Å². The van der Waals surface area contributed by atoms with Gasteiger partial charge in [-0.2, -0.15) is 4.98 Å². The summed E-state index contributed by atoms with van der Waals surface area (Å²) >= 11 is 0. The molecule has 4 rings (SSSR count). The predicted octanol–water partition coefficient (Wildman–Crippen LogP) is 1.51. The van der Waals surface area contributed by atoms with Gasteiger partial charge in [0.2, 0.25) is 5.95 Å². The van der Waals surface area contributed by atoms with Gasteiger partial charge < -0.3 is 15.0 Å². The molecule has 1 aliphatic carbocycles. The molecular formula is C21H27N5O3. The Morgan fingerprint density at radius 3 is 2.38 bits per heavy atom. The van der Waals surface area contributed by atoms with Crippen molar-refractivity contribution in [3.8, 4) is 0 Å². The van der Waals surface area contributed by atoms with Gasteiger partial charge in [0.1, 0.15) is 0 Å². The number of aliphatic hydroxyl groups excluding tert-OH is 1. The molecule has 0 saturated heterocycles. The van der Waals surface area contributed by atoms with E-state index in [0.717, 1.165) is 36.8 Å². The SMILES string of the molecule is Cc1ccc(Cn2c(=O)c3c(nc(NC4(CO)CCCC4)n3C)n(C)c2=O)cc1. The third-order valence-electron chi connectivity index (χ3n) is 6.06. The molecule has 154 valence electrons. The van der Waals surface area contributed by atoms with Crippen LogP contribution in [-0.4, -0.2) is 35.9 Å². The summed E-state index contributed by atoms with van der Waals surface area (Å²) in [6.45, 7) is 2.21. The van der Waals surface area contributed by atoms with Crippen molar-refractivity contribution < 1.29 is 5.11 Å². The lowest BCUT2D eigenvalue weighted by molar-refractivity contribution is 0.213. The van der Waals surface area contributed by atoms with Gasteiger partial charge in [0.05, 0.1) is 18.7 Å². The summed E-state index contributed by atoms with van der Waals surface area (Å²) in [4.78, 5) is 30.6. The topological polar surface area (TPSA) is 94.1 Å². The summed E-state index contributed by atoms with van der Waals surface area (Å²) < 4.78 is 4.35. The molecule has 0 unspecified atom stereocenters. The first-order chi connectivity index (χ1) is 13.8. The minimum atomic E-state index is -0.422. The smallest absolute Gasteiger partial charge is 0.332 e. The zero-order valence-electron chi connectivity index (χ0n) is 17.1. The Hall–Kier alpha value is -2.87. The summed E-state index contributed by atoms with van der Waals surface area (Å²) in [7, 11) is 3.39. The highest BCUT2D eigenvalue weighted by Gasteiger charge is 2.34. The summed E-state index contributed by atoms with van der Waals surface area (Å²) in [6.07, 6.45) is 3.78. The number of hydrogen-bond acceptors (Lipinski definition) is 5. The highest BCUT2D eigenvalue weighted by atomic mass is 16.3. The van der Waals surface area contributed by atoms with E-state index in [-0.39, 0.29) is 18.7 Å². The molecule has 2 aromatic heterocycles. The number of nitrogens with one attached hydrogen (secondary N) is 1. The number of aromatic nitrogens is 4. The van der Waals surface area contributed by atoms with Crippen LogP contribution in [0.1, 0.15) is 36.8 Å². The van der Waals surface area contributed by atoms with Crippen LogP contribution in [0.5, 0.6) is 0 Å². The highest BCUT2D eigenvalue weighted by Crippen LogP contribution is 2.32. The minimum Gasteiger partial charge on any atom is -0.394 e. The molecule has 2 N–H and O–H groups in total. The molecule has 0 amide bonds. The van der Waals surface area contributed by atoms with Crippen molar-refractivity contribution in [3.63, 3.8) is 0 Å². The van der Waals surface area contributed by atoms with E-state index in [4.69, 9.17) is 0 Å². The molecule has 0 radical (unpaired) electrons. The molecule has 0 aliphatic heterocycles. The molecule has 0 spiro atoms. The molecule has 29 heavy (non-hydrogen) atoms. The van der Waals surface area contributed by atoms with E-state index in [0.29, 0.717) is 17.1 Å². The summed E-state index contributed by atoms with van der Waals surface area (Å²) in [6, 6.07) is 7.77. The van der Waals surface area contributed by atoms with Crippen molar-refractivity contribution in [1.82, 2.24) is 18.7 Å². The Bertz CT molecular complexity index is 1160. The average molecular weight is 397 g/mol.